The number of halogens is 1. The van der Waals surface area contributed by atoms with Crippen molar-refractivity contribution in [1.82, 2.24) is 9.78 Å². The lowest BCUT2D eigenvalue weighted by Gasteiger charge is -2.21. The quantitative estimate of drug-likeness (QED) is 0.779. The molecule has 0 radical (unpaired) electrons. The van der Waals surface area contributed by atoms with E-state index in [1.54, 1.807) is 0 Å². The van der Waals surface area contributed by atoms with Crippen molar-refractivity contribution in [2.75, 3.05) is 13.2 Å². The minimum absolute atomic E-state index is 0.657. The van der Waals surface area contributed by atoms with Crippen LogP contribution in [0.5, 0.6) is 0 Å². The number of rotatable bonds is 2. The normalized spacial score (nSPS) is 23.3. The molecule has 0 unspecified atom stereocenters. The molecule has 13 heavy (non-hydrogen) atoms. The Morgan fingerprint density at radius 1 is 1.69 bits per heavy atom. The van der Waals surface area contributed by atoms with Gasteiger partial charge in [0.25, 0.3) is 0 Å². The first kappa shape index (κ1) is 9.45. The monoisotopic (exact) mass is 292 g/mol. The second kappa shape index (κ2) is 4.41. The second-order valence-electron chi connectivity index (χ2n) is 3.46. The maximum Gasteiger partial charge on any atom is 0.0623 e. The summed E-state index contributed by atoms with van der Waals surface area (Å²) >= 11 is 2.28. The predicted octanol–water partition coefficient (Wildman–Crippen LogP) is 1.91. The van der Waals surface area contributed by atoms with E-state index in [2.05, 4.69) is 33.9 Å². The summed E-state index contributed by atoms with van der Waals surface area (Å²) in [5, 5.41) is 4.26. The topological polar surface area (TPSA) is 27.1 Å². The molecule has 2 heterocycles. The standard InChI is InChI=1S/C9H13IN2O/c10-9-4-11-12(6-9)5-8-2-1-3-13-7-8/h4,6,8H,1-3,5,7H2/t8-/m0/s1. The summed E-state index contributed by atoms with van der Waals surface area (Å²) in [4.78, 5) is 0. The molecule has 1 aliphatic rings. The Balaban J connectivity index is 1.89. The van der Waals surface area contributed by atoms with Gasteiger partial charge >= 0.3 is 0 Å². The average Bonchev–Trinajstić information content (AvgIpc) is 2.53. The molecule has 0 bridgehead atoms. The van der Waals surface area contributed by atoms with Crippen molar-refractivity contribution < 1.29 is 4.74 Å². The third-order valence-electron chi connectivity index (χ3n) is 2.30. The van der Waals surface area contributed by atoms with E-state index >= 15 is 0 Å². The molecule has 0 saturated carbocycles. The van der Waals surface area contributed by atoms with Crippen LogP contribution in [-0.2, 0) is 11.3 Å². The van der Waals surface area contributed by atoms with Crippen molar-refractivity contribution in [3.8, 4) is 0 Å². The zero-order chi connectivity index (χ0) is 9.10. The van der Waals surface area contributed by atoms with Crippen LogP contribution in [0, 0.1) is 9.49 Å². The largest absolute Gasteiger partial charge is 0.381 e. The Morgan fingerprint density at radius 3 is 3.23 bits per heavy atom. The van der Waals surface area contributed by atoms with E-state index in [0.717, 1.165) is 19.8 Å². The number of hydrogen-bond acceptors (Lipinski definition) is 2. The van der Waals surface area contributed by atoms with Crippen LogP contribution in [0.15, 0.2) is 12.4 Å². The van der Waals surface area contributed by atoms with E-state index < -0.39 is 0 Å². The maximum atomic E-state index is 5.42. The highest BCUT2D eigenvalue weighted by molar-refractivity contribution is 14.1. The SMILES string of the molecule is Ic1cnn(C[C@@H]2CCCOC2)c1. The third-order valence-corrected chi connectivity index (χ3v) is 2.86. The fraction of sp³-hybridized carbons (Fsp3) is 0.667. The smallest absolute Gasteiger partial charge is 0.0623 e. The zero-order valence-electron chi connectivity index (χ0n) is 7.45. The van der Waals surface area contributed by atoms with Crippen molar-refractivity contribution in [1.29, 1.82) is 0 Å². The first-order chi connectivity index (χ1) is 6.34. The second-order valence-corrected chi connectivity index (χ2v) is 4.71. The first-order valence-electron chi connectivity index (χ1n) is 4.60. The molecule has 1 saturated heterocycles. The Hall–Kier alpha value is -0.100. The van der Waals surface area contributed by atoms with Crippen LogP contribution in [0.4, 0.5) is 0 Å². The molecule has 1 aliphatic heterocycles. The van der Waals surface area contributed by atoms with Gasteiger partial charge in [-0.1, -0.05) is 0 Å². The molecule has 0 aromatic carbocycles. The zero-order valence-corrected chi connectivity index (χ0v) is 9.61. The highest BCUT2D eigenvalue weighted by atomic mass is 127. The Bertz CT molecular complexity index is 268. The lowest BCUT2D eigenvalue weighted by Crippen LogP contribution is -2.22. The summed E-state index contributed by atoms with van der Waals surface area (Å²) in [7, 11) is 0. The molecular formula is C9H13IN2O. The lowest BCUT2D eigenvalue weighted by molar-refractivity contribution is 0.0470. The fourth-order valence-electron chi connectivity index (χ4n) is 1.65. The first-order valence-corrected chi connectivity index (χ1v) is 5.68. The van der Waals surface area contributed by atoms with Crippen molar-refractivity contribution >= 4 is 22.6 Å². The molecule has 1 aromatic rings. The summed E-state index contributed by atoms with van der Waals surface area (Å²) in [6.45, 7) is 2.84. The van der Waals surface area contributed by atoms with Crippen molar-refractivity contribution in [3.63, 3.8) is 0 Å². The van der Waals surface area contributed by atoms with Crippen LogP contribution in [0.1, 0.15) is 12.8 Å². The van der Waals surface area contributed by atoms with Gasteiger partial charge in [0, 0.05) is 25.3 Å². The van der Waals surface area contributed by atoms with E-state index in [1.165, 1.54) is 16.4 Å². The van der Waals surface area contributed by atoms with Crippen molar-refractivity contribution in [2.24, 2.45) is 5.92 Å². The molecule has 0 amide bonds. The summed E-state index contributed by atoms with van der Waals surface area (Å²) in [5.74, 6) is 0.657. The molecule has 72 valence electrons. The third kappa shape index (κ3) is 2.67. The molecule has 3 nitrogen and oxygen atoms in total. The molecule has 1 aromatic heterocycles. The van der Waals surface area contributed by atoms with Crippen LogP contribution in [0.2, 0.25) is 0 Å². The molecule has 0 spiro atoms. The highest BCUT2D eigenvalue weighted by Gasteiger charge is 2.14. The number of hydrogen-bond donors (Lipinski definition) is 0. The molecule has 2 rings (SSSR count). The Morgan fingerprint density at radius 2 is 2.62 bits per heavy atom. The van der Waals surface area contributed by atoms with E-state index in [-0.39, 0.29) is 0 Å². The molecule has 0 N–H and O–H groups in total. The van der Waals surface area contributed by atoms with Gasteiger partial charge in [0.05, 0.1) is 16.4 Å². The van der Waals surface area contributed by atoms with Crippen molar-refractivity contribution in [3.05, 3.63) is 16.0 Å². The molecule has 1 fully saturated rings. The fourth-order valence-corrected chi connectivity index (χ4v) is 2.10. The van der Waals surface area contributed by atoms with Crippen LogP contribution in [-0.4, -0.2) is 23.0 Å². The minimum atomic E-state index is 0.657. The van der Waals surface area contributed by atoms with Crippen LogP contribution in [0.3, 0.4) is 0 Å². The lowest BCUT2D eigenvalue weighted by atomic mass is 10.0. The van der Waals surface area contributed by atoms with Crippen LogP contribution >= 0.6 is 22.6 Å². The maximum absolute atomic E-state index is 5.42. The number of nitrogens with zero attached hydrogens (tertiary/aromatic N) is 2. The summed E-state index contributed by atoms with van der Waals surface area (Å²) in [5.41, 5.74) is 0. The van der Waals surface area contributed by atoms with Gasteiger partial charge in [-0.3, -0.25) is 4.68 Å². The van der Waals surface area contributed by atoms with Gasteiger partial charge in [0.2, 0.25) is 0 Å². The van der Waals surface area contributed by atoms with Gasteiger partial charge in [0.15, 0.2) is 0 Å². The van der Waals surface area contributed by atoms with Gasteiger partial charge in [-0.15, -0.1) is 0 Å². The van der Waals surface area contributed by atoms with Gasteiger partial charge in [-0.2, -0.15) is 5.10 Å². The summed E-state index contributed by atoms with van der Waals surface area (Å²) < 4.78 is 8.64. The summed E-state index contributed by atoms with van der Waals surface area (Å²) in [6, 6.07) is 0. The summed E-state index contributed by atoms with van der Waals surface area (Å²) in [6.07, 6.45) is 6.44. The van der Waals surface area contributed by atoms with Gasteiger partial charge in [-0.05, 0) is 35.4 Å². The number of ether oxygens (including phenoxy) is 1. The highest BCUT2D eigenvalue weighted by Crippen LogP contribution is 2.15. The van der Waals surface area contributed by atoms with Gasteiger partial charge < -0.3 is 4.74 Å². The van der Waals surface area contributed by atoms with E-state index in [0.29, 0.717) is 5.92 Å². The van der Waals surface area contributed by atoms with E-state index in [4.69, 9.17) is 4.74 Å². The number of aromatic nitrogens is 2. The molecular weight excluding hydrogens is 279 g/mol. The van der Waals surface area contributed by atoms with Gasteiger partial charge in [-0.25, -0.2) is 0 Å². The molecule has 1 atom stereocenters. The van der Waals surface area contributed by atoms with Crippen LogP contribution in [0.25, 0.3) is 0 Å². The Kier molecular flexibility index (Phi) is 3.21. The van der Waals surface area contributed by atoms with Crippen LogP contribution < -0.4 is 0 Å². The predicted molar refractivity (Wildman–Crippen MR) is 58.5 cm³/mol. The molecule has 4 heteroatoms. The Labute approximate surface area is 91.6 Å². The molecule has 0 aliphatic carbocycles. The minimum Gasteiger partial charge on any atom is -0.381 e. The van der Waals surface area contributed by atoms with E-state index in [9.17, 15) is 0 Å². The van der Waals surface area contributed by atoms with Crippen molar-refractivity contribution in [2.45, 2.75) is 19.4 Å². The average molecular weight is 292 g/mol. The van der Waals surface area contributed by atoms with Gasteiger partial charge in [0.1, 0.15) is 0 Å². The van der Waals surface area contributed by atoms with E-state index in [1.807, 2.05) is 10.9 Å².